The molecule has 0 aliphatic heterocycles. The summed E-state index contributed by atoms with van der Waals surface area (Å²) in [4.78, 5) is 4.43. The van der Waals surface area contributed by atoms with Crippen molar-refractivity contribution in [3.8, 4) is 11.5 Å². The zero-order chi connectivity index (χ0) is 16.4. The first kappa shape index (κ1) is 16.2. The first-order chi connectivity index (χ1) is 11.1. The van der Waals surface area contributed by atoms with Gasteiger partial charge in [-0.2, -0.15) is 5.10 Å². The second kappa shape index (κ2) is 6.86. The van der Waals surface area contributed by atoms with Crippen LogP contribution in [0.4, 0.5) is 5.13 Å². The summed E-state index contributed by atoms with van der Waals surface area (Å²) in [6.07, 6.45) is 1.51. The Morgan fingerprint density at radius 1 is 1.35 bits per heavy atom. The largest absolute Gasteiger partial charge is 0.504 e. The molecular formula is C15H11Br2N3O2S. The topological polar surface area (TPSA) is 66.7 Å². The number of phenolic OH excluding ortho intramolecular Hbond substituents is 1. The molecule has 8 heteroatoms. The summed E-state index contributed by atoms with van der Waals surface area (Å²) in [5.41, 5.74) is 4.31. The summed E-state index contributed by atoms with van der Waals surface area (Å²) < 4.78 is 7.66. The summed E-state index contributed by atoms with van der Waals surface area (Å²) in [6, 6.07) is 9.54. The number of aromatic hydroxyl groups is 1. The highest BCUT2D eigenvalue weighted by atomic mass is 79.9. The number of nitrogens with zero attached hydrogens (tertiary/aromatic N) is 2. The van der Waals surface area contributed by atoms with Crippen molar-refractivity contribution in [3.05, 3.63) is 44.8 Å². The first-order valence-corrected chi connectivity index (χ1v) is 8.90. The molecule has 0 unspecified atom stereocenters. The van der Waals surface area contributed by atoms with Crippen LogP contribution in [0.15, 0.2) is 44.4 Å². The molecule has 2 aromatic carbocycles. The Morgan fingerprint density at radius 3 is 2.87 bits per heavy atom. The Kier molecular flexibility index (Phi) is 4.84. The Bertz CT molecular complexity index is 863. The fourth-order valence-corrected chi connectivity index (χ4v) is 3.60. The van der Waals surface area contributed by atoms with E-state index in [1.165, 1.54) is 24.7 Å². The molecule has 23 heavy (non-hydrogen) atoms. The molecule has 0 spiro atoms. The van der Waals surface area contributed by atoms with Gasteiger partial charge in [-0.1, -0.05) is 23.5 Å². The van der Waals surface area contributed by atoms with Crippen LogP contribution < -0.4 is 10.2 Å². The van der Waals surface area contributed by atoms with Crippen molar-refractivity contribution in [3.63, 3.8) is 0 Å². The van der Waals surface area contributed by atoms with E-state index in [9.17, 15) is 5.11 Å². The van der Waals surface area contributed by atoms with Gasteiger partial charge in [-0.25, -0.2) is 4.98 Å². The molecule has 118 valence electrons. The highest BCUT2D eigenvalue weighted by molar-refractivity contribution is 9.13. The van der Waals surface area contributed by atoms with Crippen LogP contribution in [0.2, 0.25) is 0 Å². The van der Waals surface area contributed by atoms with Crippen molar-refractivity contribution in [1.29, 1.82) is 0 Å². The molecule has 0 saturated heterocycles. The third-order valence-electron chi connectivity index (χ3n) is 3.06. The van der Waals surface area contributed by atoms with Crippen LogP contribution >= 0.6 is 43.2 Å². The zero-order valence-electron chi connectivity index (χ0n) is 11.9. The lowest BCUT2D eigenvalue weighted by Crippen LogP contribution is -1.94. The van der Waals surface area contributed by atoms with Crippen molar-refractivity contribution < 1.29 is 9.84 Å². The number of ether oxygens (including phenoxy) is 1. The SMILES string of the molecule is COc1cc(Br)c(Br)c(/C=N\Nc2nc3ccccc3s2)c1O. The molecule has 0 bridgehead atoms. The number of hydrazone groups is 1. The van der Waals surface area contributed by atoms with E-state index in [2.05, 4.69) is 47.4 Å². The van der Waals surface area contributed by atoms with Gasteiger partial charge in [0.1, 0.15) is 0 Å². The third kappa shape index (κ3) is 3.34. The maximum Gasteiger partial charge on any atom is 0.204 e. The number of aromatic nitrogens is 1. The number of benzene rings is 2. The number of methoxy groups -OCH3 is 1. The monoisotopic (exact) mass is 455 g/mol. The highest BCUT2D eigenvalue weighted by Gasteiger charge is 2.14. The molecule has 0 aliphatic rings. The van der Waals surface area contributed by atoms with Crippen LogP contribution in [-0.4, -0.2) is 23.4 Å². The second-order valence-electron chi connectivity index (χ2n) is 4.49. The summed E-state index contributed by atoms with van der Waals surface area (Å²) in [6.45, 7) is 0. The molecule has 0 atom stereocenters. The van der Waals surface area contributed by atoms with E-state index < -0.39 is 0 Å². The average Bonchev–Trinajstić information content (AvgIpc) is 2.96. The normalized spacial score (nSPS) is 11.3. The summed E-state index contributed by atoms with van der Waals surface area (Å²) in [5, 5.41) is 15.0. The number of para-hydroxylation sites is 1. The van der Waals surface area contributed by atoms with Crippen LogP contribution in [0.1, 0.15) is 5.56 Å². The van der Waals surface area contributed by atoms with Gasteiger partial charge in [0.05, 0.1) is 29.1 Å². The van der Waals surface area contributed by atoms with E-state index in [1.807, 2.05) is 24.3 Å². The van der Waals surface area contributed by atoms with Crippen LogP contribution in [0.5, 0.6) is 11.5 Å². The second-order valence-corrected chi connectivity index (χ2v) is 7.17. The lowest BCUT2D eigenvalue weighted by atomic mass is 10.2. The van der Waals surface area contributed by atoms with Crippen LogP contribution in [0.25, 0.3) is 10.2 Å². The minimum Gasteiger partial charge on any atom is -0.504 e. The molecule has 0 saturated carbocycles. The molecule has 0 radical (unpaired) electrons. The van der Waals surface area contributed by atoms with Gasteiger partial charge in [0.15, 0.2) is 11.5 Å². The number of fused-ring (bicyclic) bond motifs is 1. The minimum absolute atomic E-state index is 0.0115. The average molecular weight is 457 g/mol. The molecule has 2 N–H and O–H groups in total. The van der Waals surface area contributed by atoms with Crippen molar-refractivity contribution >= 4 is 64.8 Å². The molecule has 3 aromatic rings. The maximum atomic E-state index is 10.2. The maximum absolute atomic E-state index is 10.2. The van der Waals surface area contributed by atoms with Gasteiger partial charge in [0.2, 0.25) is 5.13 Å². The van der Waals surface area contributed by atoms with Gasteiger partial charge >= 0.3 is 0 Å². The Morgan fingerprint density at radius 2 is 2.13 bits per heavy atom. The standard InChI is InChI=1S/C15H11Br2N3O2S/c1-22-11-6-9(16)13(17)8(14(11)21)7-18-20-15-19-10-4-2-3-5-12(10)23-15/h2-7,21H,1H3,(H,19,20)/b18-7-. The van der Waals surface area contributed by atoms with Crippen LogP contribution in [0, 0.1) is 0 Å². The van der Waals surface area contributed by atoms with Gasteiger partial charge in [0, 0.05) is 8.95 Å². The fraction of sp³-hybridized carbons (Fsp3) is 0.0667. The molecule has 3 rings (SSSR count). The summed E-state index contributed by atoms with van der Waals surface area (Å²) in [5.74, 6) is 0.374. The molecule has 1 aromatic heterocycles. The fourth-order valence-electron chi connectivity index (χ4n) is 1.96. The van der Waals surface area contributed by atoms with Gasteiger partial charge in [-0.15, -0.1) is 0 Å². The predicted molar refractivity (Wildman–Crippen MR) is 101 cm³/mol. The Balaban J connectivity index is 1.86. The van der Waals surface area contributed by atoms with E-state index in [1.54, 1.807) is 6.07 Å². The molecular weight excluding hydrogens is 446 g/mol. The van der Waals surface area contributed by atoms with Crippen molar-refractivity contribution in [2.24, 2.45) is 5.10 Å². The molecule has 0 amide bonds. The van der Waals surface area contributed by atoms with Gasteiger partial charge in [-0.05, 0) is 50.1 Å². The Hall–Kier alpha value is -1.64. The molecule has 1 heterocycles. The lowest BCUT2D eigenvalue weighted by Gasteiger charge is -2.09. The van der Waals surface area contributed by atoms with E-state index in [0.29, 0.717) is 20.9 Å². The number of hydrogen-bond acceptors (Lipinski definition) is 6. The number of hydrogen-bond donors (Lipinski definition) is 2. The van der Waals surface area contributed by atoms with Crippen LogP contribution in [-0.2, 0) is 0 Å². The lowest BCUT2D eigenvalue weighted by molar-refractivity contribution is 0.372. The number of nitrogens with one attached hydrogen (secondary N) is 1. The third-order valence-corrected chi connectivity index (χ3v) is 6.01. The van der Waals surface area contributed by atoms with Gasteiger partial charge in [0.25, 0.3) is 0 Å². The molecule has 0 aliphatic carbocycles. The zero-order valence-corrected chi connectivity index (χ0v) is 15.9. The predicted octanol–water partition coefficient (Wildman–Crippen LogP) is 4.98. The number of thiazole rings is 1. The van der Waals surface area contributed by atoms with E-state index in [-0.39, 0.29) is 5.75 Å². The number of rotatable bonds is 4. The first-order valence-electron chi connectivity index (χ1n) is 6.49. The minimum atomic E-state index is 0.0115. The highest BCUT2D eigenvalue weighted by Crippen LogP contribution is 2.39. The summed E-state index contributed by atoms with van der Waals surface area (Å²) >= 11 is 8.32. The van der Waals surface area contributed by atoms with Gasteiger partial charge < -0.3 is 9.84 Å². The van der Waals surface area contributed by atoms with Crippen molar-refractivity contribution in [2.45, 2.75) is 0 Å². The van der Waals surface area contributed by atoms with E-state index in [4.69, 9.17) is 4.74 Å². The van der Waals surface area contributed by atoms with E-state index in [0.717, 1.165) is 14.7 Å². The molecule has 0 fully saturated rings. The Labute approximate surface area is 153 Å². The van der Waals surface area contributed by atoms with E-state index >= 15 is 0 Å². The van der Waals surface area contributed by atoms with Gasteiger partial charge in [-0.3, -0.25) is 5.43 Å². The smallest absolute Gasteiger partial charge is 0.204 e. The number of halogens is 2. The molecule has 5 nitrogen and oxygen atoms in total. The van der Waals surface area contributed by atoms with Crippen LogP contribution in [0.3, 0.4) is 0 Å². The summed E-state index contributed by atoms with van der Waals surface area (Å²) in [7, 11) is 1.50. The quantitative estimate of drug-likeness (QED) is 0.429. The van der Waals surface area contributed by atoms with Crippen molar-refractivity contribution in [1.82, 2.24) is 4.98 Å². The van der Waals surface area contributed by atoms with Crippen molar-refractivity contribution in [2.75, 3.05) is 12.5 Å². The number of anilines is 1. The number of phenols is 1.